The molecule has 0 aromatic rings. The van der Waals surface area contributed by atoms with E-state index < -0.39 is 11.1 Å². The molecule has 1 unspecified atom stereocenters. The first kappa shape index (κ1) is 16.4. The molecule has 3 N–H and O–H groups in total. The molecule has 0 radical (unpaired) electrons. The minimum Gasteiger partial charge on any atom is -0.387 e. The highest BCUT2D eigenvalue weighted by Crippen LogP contribution is 2.05. The number of hydrogen-bond donors (Lipinski definition) is 3. The molecule has 0 bridgehead atoms. The summed E-state index contributed by atoms with van der Waals surface area (Å²) in [5.74, 6) is -0.0987. The van der Waals surface area contributed by atoms with E-state index in [1.807, 2.05) is 39.8 Å². The fraction of sp³-hybridized carbons (Fsp3) is 0.917. The maximum atomic E-state index is 11.9. The maximum Gasteiger partial charge on any atom is 0.239 e. The van der Waals surface area contributed by atoms with Crippen LogP contribution >= 0.6 is 0 Å². The summed E-state index contributed by atoms with van der Waals surface area (Å²) < 4.78 is 0. The van der Waals surface area contributed by atoms with E-state index in [1.165, 1.54) is 0 Å². The highest BCUT2D eigenvalue weighted by Gasteiger charge is 2.29. The number of carbonyl (C=O) groups is 1. The van der Waals surface area contributed by atoms with Crippen LogP contribution in [0.3, 0.4) is 0 Å². The Bertz CT molecular complexity index is 250. The lowest BCUT2D eigenvalue weighted by Crippen LogP contribution is -2.56. The SMILES string of the molecule is CCNC(C)(C)C(=O)NCC(C)(O)CN(C)C. The average Bonchev–Trinajstić information content (AvgIpc) is 2.12. The van der Waals surface area contributed by atoms with E-state index in [1.54, 1.807) is 6.92 Å². The first-order valence-corrected chi connectivity index (χ1v) is 6.01. The molecule has 1 atom stereocenters. The van der Waals surface area contributed by atoms with Crippen molar-refractivity contribution in [3.8, 4) is 0 Å². The summed E-state index contributed by atoms with van der Waals surface area (Å²) in [6.45, 7) is 8.81. The van der Waals surface area contributed by atoms with Crippen LogP contribution in [-0.2, 0) is 4.79 Å². The second-order valence-electron chi connectivity index (χ2n) is 5.57. The van der Waals surface area contributed by atoms with E-state index >= 15 is 0 Å². The zero-order chi connectivity index (χ0) is 13.7. The number of hydrogen-bond acceptors (Lipinski definition) is 4. The number of nitrogens with one attached hydrogen (secondary N) is 2. The van der Waals surface area contributed by atoms with Gasteiger partial charge in [-0.05, 0) is 41.4 Å². The molecule has 5 heteroatoms. The molecule has 0 saturated heterocycles. The van der Waals surface area contributed by atoms with Gasteiger partial charge in [-0.25, -0.2) is 0 Å². The number of carbonyl (C=O) groups excluding carboxylic acids is 1. The summed E-state index contributed by atoms with van der Waals surface area (Å²) in [5, 5.41) is 15.9. The minimum absolute atomic E-state index is 0.0987. The number of nitrogens with zero attached hydrogens (tertiary/aromatic N) is 1. The molecule has 1 amide bonds. The van der Waals surface area contributed by atoms with Gasteiger partial charge in [-0.2, -0.15) is 0 Å². The van der Waals surface area contributed by atoms with E-state index in [4.69, 9.17) is 0 Å². The summed E-state index contributed by atoms with van der Waals surface area (Å²) >= 11 is 0. The number of amides is 1. The van der Waals surface area contributed by atoms with Gasteiger partial charge in [0.05, 0.1) is 11.1 Å². The van der Waals surface area contributed by atoms with Crippen LogP contribution < -0.4 is 10.6 Å². The van der Waals surface area contributed by atoms with Gasteiger partial charge >= 0.3 is 0 Å². The van der Waals surface area contributed by atoms with Crippen LogP contribution in [0.5, 0.6) is 0 Å². The molecule has 0 heterocycles. The smallest absolute Gasteiger partial charge is 0.239 e. The highest BCUT2D eigenvalue weighted by molar-refractivity contribution is 5.85. The van der Waals surface area contributed by atoms with Crippen molar-refractivity contribution in [3.63, 3.8) is 0 Å². The Kier molecular flexibility index (Phi) is 6.09. The van der Waals surface area contributed by atoms with Gasteiger partial charge in [0.25, 0.3) is 0 Å². The van der Waals surface area contributed by atoms with Crippen molar-refractivity contribution in [2.24, 2.45) is 0 Å². The highest BCUT2D eigenvalue weighted by atomic mass is 16.3. The maximum absolute atomic E-state index is 11.9. The summed E-state index contributed by atoms with van der Waals surface area (Å²) in [5.41, 5.74) is -1.52. The molecular formula is C12H27N3O2. The minimum atomic E-state index is -0.915. The molecule has 0 aliphatic carbocycles. The van der Waals surface area contributed by atoms with Crippen molar-refractivity contribution in [2.45, 2.75) is 38.8 Å². The summed E-state index contributed by atoms with van der Waals surface area (Å²) in [6, 6.07) is 0. The lowest BCUT2D eigenvalue weighted by molar-refractivity contribution is -0.127. The third kappa shape index (κ3) is 6.61. The van der Waals surface area contributed by atoms with Gasteiger partial charge in [0.15, 0.2) is 0 Å². The molecule has 0 spiro atoms. The average molecular weight is 245 g/mol. The van der Waals surface area contributed by atoms with Crippen LogP contribution in [0.1, 0.15) is 27.7 Å². The van der Waals surface area contributed by atoms with E-state index in [0.717, 1.165) is 6.54 Å². The normalized spacial score (nSPS) is 15.8. The summed E-state index contributed by atoms with van der Waals surface area (Å²) in [7, 11) is 3.78. The molecule has 0 saturated carbocycles. The Hall–Kier alpha value is -0.650. The first-order valence-electron chi connectivity index (χ1n) is 6.01. The van der Waals surface area contributed by atoms with Crippen molar-refractivity contribution in [2.75, 3.05) is 33.7 Å². The molecule has 17 heavy (non-hydrogen) atoms. The zero-order valence-corrected chi connectivity index (χ0v) is 11.9. The van der Waals surface area contributed by atoms with Crippen LogP contribution in [0.15, 0.2) is 0 Å². The molecule has 0 rings (SSSR count). The molecular weight excluding hydrogens is 218 g/mol. The fourth-order valence-corrected chi connectivity index (χ4v) is 1.75. The van der Waals surface area contributed by atoms with Gasteiger partial charge in [0.2, 0.25) is 5.91 Å². The standard InChI is InChI=1S/C12H27N3O2/c1-7-14-11(2,3)10(16)13-8-12(4,17)9-15(5)6/h14,17H,7-9H2,1-6H3,(H,13,16). The van der Waals surface area contributed by atoms with Crippen LogP contribution in [0.4, 0.5) is 0 Å². The topological polar surface area (TPSA) is 64.6 Å². The molecule has 0 aliphatic rings. The van der Waals surface area contributed by atoms with Crippen LogP contribution in [0.2, 0.25) is 0 Å². The largest absolute Gasteiger partial charge is 0.387 e. The number of rotatable bonds is 7. The van der Waals surface area contributed by atoms with Gasteiger partial charge in [0.1, 0.15) is 0 Å². The molecule has 0 aromatic heterocycles. The van der Waals surface area contributed by atoms with Crippen LogP contribution in [0, 0.1) is 0 Å². The Morgan fingerprint density at radius 2 is 1.82 bits per heavy atom. The summed E-state index contributed by atoms with van der Waals surface area (Å²) in [4.78, 5) is 13.8. The van der Waals surface area contributed by atoms with E-state index in [2.05, 4.69) is 10.6 Å². The molecule has 0 fully saturated rings. The molecule has 0 aromatic carbocycles. The predicted octanol–water partition coefficient (Wildman–Crippen LogP) is -0.197. The molecule has 102 valence electrons. The van der Waals surface area contributed by atoms with Crippen molar-refractivity contribution in [1.82, 2.24) is 15.5 Å². The predicted molar refractivity (Wildman–Crippen MR) is 69.9 cm³/mol. The Balaban J connectivity index is 4.23. The van der Waals surface area contributed by atoms with Crippen molar-refractivity contribution >= 4 is 5.91 Å². The second-order valence-corrected chi connectivity index (χ2v) is 5.57. The monoisotopic (exact) mass is 245 g/mol. The van der Waals surface area contributed by atoms with Gasteiger partial charge in [0, 0.05) is 13.1 Å². The van der Waals surface area contributed by atoms with Gasteiger partial charge in [-0.1, -0.05) is 6.92 Å². The zero-order valence-electron chi connectivity index (χ0n) is 11.9. The number of likely N-dealkylation sites (N-methyl/N-ethyl adjacent to an activating group) is 2. The van der Waals surface area contributed by atoms with Crippen molar-refractivity contribution < 1.29 is 9.90 Å². The quantitative estimate of drug-likeness (QED) is 0.581. The van der Waals surface area contributed by atoms with Gasteiger partial charge < -0.3 is 20.6 Å². The van der Waals surface area contributed by atoms with Crippen molar-refractivity contribution in [3.05, 3.63) is 0 Å². The third-order valence-corrected chi connectivity index (χ3v) is 2.47. The fourth-order valence-electron chi connectivity index (χ4n) is 1.75. The Labute approximate surface area is 105 Å². The second kappa shape index (κ2) is 6.33. The van der Waals surface area contributed by atoms with E-state index in [9.17, 15) is 9.90 Å². The molecule has 5 nitrogen and oxygen atoms in total. The first-order chi connectivity index (χ1) is 7.60. The Morgan fingerprint density at radius 1 is 1.29 bits per heavy atom. The van der Waals surface area contributed by atoms with Crippen LogP contribution in [0.25, 0.3) is 0 Å². The number of aliphatic hydroxyl groups is 1. The lowest BCUT2D eigenvalue weighted by atomic mass is 10.0. The van der Waals surface area contributed by atoms with Gasteiger partial charge in [-0.3, -0.25) is 4.79 Å². The summed E-state index contributed by atoms with van der Waals surface area (Å²) in [6.07, 6.45) is 0. The van der Waals surface area contributed by atoms with Crippen molar-refractivity contribution in [1.29, 1.82) is 0 Å². The lowest BCUT2D eigenvalue weighted by Gasteiger charge is -2.30. The Morgan fingerprint density at radius 3 is 2.24 bits per heavy atom. The van der Waals surface area contributed by atoms with Crippen LogP contribution in [-0.4, -0.2) is 60.8 Å². The third-order valence-electron chi connectivity index (χ3n) is 2.47. The molecule has 0 aliphatic heterocycles. The van der Waals surface area contributed by atoms with Gasteiger partial charge in [-0.15, -0.1) is 0 Å². The van der Waals surface area contributed by atoms with E-state index in [-0.39, 0.29) is 12.5 Å². The van der Waals surface area contributed by atoms with E-state index in [0.29, 0.717) is 6.54 Å².